The summed E-state index contributed by atoms with van der Waals surface area (Å²) in [4.78, 5) is 15.6. The predicted molar refractivity (Wildman–Crippen MR) is 150 cm³/mol. The van der Waals surface area contributed by atoms with E-state index in [1.807, 2.05) is 54.6 Å². The number of anilines is 1. The van der Waals surface area contributed by atoms with E-state index in [-0.39, 0.29) is 29.8 Å². The number of piperidine rings is 1. The third-order valence-electron chi connectivity index (χ3n) is 8.11. The normalized spacial score (nSPS) is 21.2. The number of para-hydroxylation sites is 1. The van der Waals surface area contributed by atoms with Crippen molar-refractivity contribution in [1.82, 2.24) is 9.21 Å². The maximum Gasteiger partial charge on any atom is 0.259 e. The van der Waals surface area contributed by atoms with Crippen LogP contribution in [-0.2, 0) is 41.6 Å². The molecule has 2 saturated heterocycles. The maximum atomic E-state index is 13.8. The summed E-state index contributed by atoms with van der Waals surface area (Å²) < 4.78 is 60.3. The molecule has 3 heterocycles. The van der Waals surface area contributed by atoms with Crippen LogP contribution >= 0.6 is 0 Å². The first-order chi connectivity index (χ1) is 18.6. The highest BCUT2D eigenvalue weighted by Gasteiger charge is 2.49. The van der Waals surface area contributed by atoms with E-state index in [0.717, 1.165) is 11.1 Å². The SMILES string of the molecule is C=C(C)S(=O)(=O)N1CC2(CCN(C(=O)[C@@H](COCc3ccccc3)N3CCCS3(=O)=O)CC2)c2ccccc21. The smallest absolute Gasteiger partial charge is 0.259 e. The van der Waals surface area contributed by atoms with Crippen molar-refractivity contribution in [3.05, 3.63) is 77.2 Å². The Balaban J connectivity index is 1.33. The van der Waals surface area contributed by atoms with Gasteiger partial charge in [-0.05, 0) is 43.4 Å². The highest BCUT2D eigenvalue weighted by Crippen LogP contribution is 2.48. The van der Waals surface area contributed by atoms with Gasteiger partial charge in [-0.1, -0.05) is 55.1 Å². The number of ether oxygens (including phenoxy) is 1. The minimum Gasteiger partial charge on any atom is -0.375 e. The molecule has 0 bridgehead atoms. The Kier molecular flexibility index (Phi) is 7.62. The van der Waals surface area contributed by atoms with Gasteiger partial charge >= 0.3 is 0 Å². The molecule has 2 aromatic carbocycles. The summed E-state index contributed by atoms with van der Waals surface area (Å²) in [7, 11) is -7.23. The number of hydrogen-bond donors (Lipinski definition) is 0. The van der Waals surface area contributed by atoms with E-state index in [1.165, 1.54) is 15.5 Å². The largest absolute Gasteiger partial charge is 0.375 e. The first-order valence-electron chi connectivity index (χ1n) is 13.2. The van der Waals surface area contributed by atoms with Crippen LogP contribution in [0.1, 0.15) is 37.3 Å². The number of nitrogens with zero attached hydrogens (tertiary/aromatic N) is 3. The fourth-order valence-electron chi connectivity index (χ4n) is 5.93. The van der Waals surface area contributed by atoms with E-state index in [9.17, 15) is 21.6 Å². The van der Waals surface area contributed by atoms with E-state index in [0.29, 0.717) is 51.1 Å². The highest BCUT2D eigenvalue weighted by atomic mass is 32.2. The van der Waals surface area contributed by atoms with Crippen LogP contribution in [0.2, 0.25) is 0 Å². The van der Waals surface area contributed by atoms with Gasteiger partial charge in [-0.2, -0.15) is 4.31 Å². The number of amides is 1. The monoisotopic (exact) mass is 573 g/mol. The van der Waals surface area contributed by atoms with Gasteiger partial charge in [-0.25, -0.2) is 16.8 Å². The number of hydrogen-bond acceptors (Lipinski definition) is 6. The van der Waals surface area contributed by atoms with Crippen molar-refractivity contribution in [3.8, 4) is 0 Å². The van der Waals surface area contributed by atoms with Crippen LogP contribution in [0.25, 0.3) is 0 Å². The van der Waals surface area contributed by atoms with Gasteiger partial charge in [0.05, 0.1) is 29.6 Å². The van der Waals surface area contributed by atoms with Crippen molar-refractivity contribution < 1.29 is 26.4 Å². The van der Waals surface area contributed by atoms with Gasteiger partial charge in [0.25, 0.3) is 10.0 Å². The average Bonchev–Trinajstić information content (AvgIpc) is 3.44. The Morgan fingerprint density at radius 3 is 2.36 bits per heavy atom. The van der Waals surface area contributed by atoms with E-state index >= 15 is 0 Å². The standard InChI is InChI=1S/C28H35N3O6S2/c1-22(2)39(35,36)31-21-28(24-11-6-7-12-25(24)31)13-16-29(17-14-28)27(32)26(30-15-8-18-38(30,33)34)20-37-19-23-9-4-3-5-10-23/h3-7,9-12,26H,1,8,13-21H2,2H3/t26-/m1/s1. The number of carbonyl (C=O) groups is 1. The number of allylic oxidation sites excluding steroid dienone is 1. The van der Waals surface area contributed by atoms with Crippen molar-refractivity contribution in [3.63, 3.8) is 0 Å². The zero-order valence-corrected chi connectivity index (χ0v) is 23.8. The second kappa shape index (κ2) is 10.7. The van der Waals surface area contributed by atoms with Crippen LogP contribution in [0.3, 0.4) is 0 Å². The van der Waals surface area contributed by atoms with E-state index in [1.54, 1.807) is 4.90 Å². The first kappa shape index (κ1) is 27.8. The maximum absolute atomic E-state index is 13.8. The van der Waals surface area contributed by atoms with Crippen LogP contribution in [0.5, 0.6) is 0 Å². The van der Waals surface area contributed by atoms with Crippen molar-refractivity contribution in [2.24, 2.45) is 0 Å². The third kappa shape index (κ3) is 5.25. The summed E-state index contributed by atoms with van der Waals surface area (Å²) in [6, 6.07) is 16.2. The van der Waals surface area contributed by atoms with Gasteiger partial charge in [-0.15, -0.1) is 0 Å². The second-order valence-electron chi connectivity index (χ2n) is 10.6. The molecule has 0 unspecified atom stereocenters. The summed E-state index contributed by atoms with van der Waals surface area (Å²) in [5, 5.41) is 0. The van der Waals surface area contributed by atoms with Gasteiger partial charge in [0.15, 0.2) is 0 Å². The van der Waals surface area contributed by atoms with Gasteiger partial charge < -0.3 is 9.64 Å². The predicted octanol–water partition coefficient (Wildman–Crippen LogP) is 2.85. The molecule has 2 aromatic rings. The Morgan fingerprint density at radius 1 is 1.05 bits per heavy atom. The lowest BCUT2D eigenvalue weighted by Crippen LogP contribution is -2.55. The van der Waals surface area contributed by atoms with Crippen molar-refractivity contribution in [2.45, 2.75) is 44.2 Å². The molecule has 0 aromatic heterocycles. The molecule has 1 spiro atoms. The van der Waals surface area contributed by atoms with Crippen LogP contribution in [0.4, 0.5) is 5.69 Å². The van der Waals surface area contributed by atoms with Crippen LogP contribution < -0.4 is 4.31 Å². The first-order valence-corrected chi connectivity index (χ1v) is 16.3. The van der Waals surface area contributed by atoms with Gasteiger partial charge in [-0.3, -0.25) is 9.10 Å². The molecule has 11 heteroatoms. The van der Waals surface area contributed by atoms with Crippen molar-refractivity contribution in [1.29, 1.82) is 0 Å². The van der Waals surface area contributed by atoms with Crippen LogP contribution in [-0.4, -0.2) is 76.5 Å². The number of fused-ring (bicyclic) bond motifs is 2. The van der Waals surface area contributed by atoms with Gasteiger partial charge in [0, 0.05) is 31.6 Å². The molecular formula is C28H35N3O6S2. The average molecular weight is 574 g/mol. The summed E-state index contributed by atoms with van der Waals surface area (Å²) in [5.74, 6) is -0.233. The molecule has 2 fully saturated rings. The van der Waals surface area contributed by atoms with Crippen molar-refractivity contribution >= 4 is 31.6 Å². The lowest BCUT2D eigenvalue weighted by Gasteiger charge is -2.41. The van der Waals surface area contributed by atoms with E-state index in [4.69, 9.17) is 4.74 Å². The van der Waals surface area contributed by atoms with Gasteiger partial charge in [0.2, 0.25) is 15.9 Å². The summed E-state index contributed by atoms with van der Waals surface area (Å²) in [6.07, 6.45) is 1.63. The van der Waals surface area contributed by atoms with Gasteiger partial charge in [0.1, 0.15) is 6.04 Å². The molecule has 5 rings (SSSR count). The number of benzene rings is 2. The van der Waals surface area contributed by atoms with Crippen LogP contribution in [0.15, 0.2) is 66.1 Å². The second-order valence-corrected chi connectivity index (χ2v) is 14.8. The zero-order chi connectivity index (χ0) is 27.8. The van der Waals surface area contributed by atoms with Crippen LogP contribution in [0, 0.1) is 0 Å². The molecular weight excluding hydrogens is 538 g/mol. The summed E-state index contributed by atoms with van der Waals surface area (Å²) in [5.41, 5.74) is 2.15. The van der Waals surface area contributed by atoms with E-state index < -0.39 is 31.5 Å². The number of likely N-dealkylation sites (tertiary alicyclic amines) is 1. The van der Waals surface area contributed by atoms with Crippen molar-refractivity contribution in [2.75, 3.05) is 42.8 Å². The molecule has 3 aliphatic heterocycles. The molecule has 0 aliphatic carbocycles. The Hall–Kier alpha value is -2.73. The fraction of sp³-hybridized carbons (Fsp3) is 0.464. The molecule has 3 aliphatic rings. The Labute approximate surface area is 231 Å². The highest BCUT2D eigenvalue weighted by molar-refractivity contribution is 7.96. The molecule has 1 amide bonds. The Bertz CT molecular complexity index is 1450. The summed E-state index contributed by atoms with van der Waals surface area (Å²) in [6.45, 7) is 6.83. The Morgan fingerprint density at radius 2 is 1.72 bits per heavy atom. The third-order valence-corrected chi connectivity index (χ3v) is 11.9. The molecule has 39 heavy (non-hydrogen) atoms. The minimum atomic E-state index is -3.70. The molecule has 0 radical (unpaired) electrons. The minimum absolute atomic E-state index is 0.0257. The van der Waals surface area contributed by atoms with E-state index in [2.05, 4.69) is 6.58 Å². The molecule has 9 nitrogen and oxygen atoms in total. The quantitative estimate of drug-likeness (QED) is 0.481. The topological polar surface area (TPSA) is 104 Å². The number of sulfonamides is 2. The number of rotatable bonds is 8. The summed E-state index contributed by atoms with van der Waals surface area (Å²) >= 11 is 0. The lowest BCUT2D eigenvalue weighted by molar-refractivity contribution is -0.139. The molecule has 210 valence electrons. The molecule has 0 N–H and O–H groups in total. The lowest BCUT2D eigenvalue weighted by atomic mass is 9.74. The fourth-order valence-corrected chi connectivity index (χ4v) is 8.82. The zero-order valence-electron chi connectivity index (χ0n) is 22.2. The number of carbonyl (C=O) groups excluding carboxylic acids is 1. The molecule has 0 saturated carbocycles. The molecule has 1 atom stereocenters.